The molecule has 20 heavy (non-hydrogen) atoms. The van der Waals surface area contributed by atoms with Crippen molar-refractivity contribution in [2.24, 2.45) is 11.7 Å². The molecule has 0 aliphatic heterocycles. The third-order valence-corrected chi connectivity index (χ3v) is 2.97. The van der Waals surface area contributed by atoms with Gasteiger partial charge in [-0.05, 0) is 31.2 Å². The second kappa shape index (κ2) is 6.94. The Hall–Kier alpha value is -1.28. The van der Waals surface area contributed by atoms with Gasteiger partial charge in [0.05, 0.1) is 5.69 Å². The van der Waals surface area contributed by atoms with Crippen LogP contribution in [0.3, 0.4) is 0 Å². The minimum atomic E-state index is -4.83. The van der Waals surface area contributed by atoms with Gasteiger partial charge in [-0.1, -0.05) is 22.9 Å². The molecule has 0 bridgehead atoms. The van der Waals surface area contributed by atoms with Crippen molar-refractivity contribution in [3.63, 3.8) is 0 Å². The zero-order chi connectivity index (χ0) is 15.3. The van der Waals surface area contributed by atoms with Crippen LogP contribution < -0.4 is 15.8 Å². The van der Waals surface area contributed by atoms with E-state index >= 15 is 0 Å². The monoisotopic (exact) mass is 354 g/mol. The summed E-state index contributed by atoms with van der Waals surface area (Å²) in [7, 11) is 0. The average molecular weight is 355 g/mol. The molecule has 0 fully saturated rings. The van der Waals surface area contributed by atoms with Crippen molar-refractivity contribution in [3.05, 3.63) is 22.7 Å². The first-order chi connectivity index (χ1) is 9.23. The van der Waals surface area contributed by atoms with Crippen LogP contribution in [0.2, 0.25) is 0 Å². The van der Waals surface area contributed by atoms with Gasteiger partial charge in [-0.15, -0.1) is 13.2 Å². The van der Waals surface area contributed by atoms with Crippen LogP contribution in [-0.2, 0) is 4.79 Å². The molecule has 0 aliphatic carbocycles. The van der Waals surface area contributed by atoms with Gasteiger partial charge >= 0.3 is 6.36 Å². The summed E-state index contributed by atoms with van der Waals surface area (Å²) in [6, 6.07) is 3.97. The van der Waals surface area contributed by atoms with Gasteiger partial charge in [0, 0.05) is 10.4 Å². The standard InChI is InChI=1S/C12H14BrF3N2O2/c1-7(4-5-17)11(19)18-9-3-2-8(13)6-10(9)20-12(14,15)16/h2-3,6-7H,4-5,17H2,1H3,(H,18,19). The number of carbonyl (C=O) groups is 1. The lowest BCUT2D eigenvalue weighted by Gasteiger charge is -2.16. The van der Waals surface area contributed by atoms with Gasteiger partial charge < -0.3 is 15.8 Å². The molecule has 1 unspecified atom stereocenters. The third kappa shape index (κ3) is 5.38. The van der Waals surface area contributed by atoms with Crippen molar-refractivity contribution >= 4 is 27.5 Å². The highest BCUT2D eigenvalue weighted by Gasteiger charge is 2.32. The summed E-state index contributed by atoms with van der Waals surface area (Å²) in [6.07, 6.45) is -4.39. The summed E-state index contributed by atoms with van der Waals surface area (Å²) in [6.45, 7) is 1.96. The van der Waals surface area contributed by atoms with E-state index in [9.17, 15) is 18.0 Å². The van der Waals surface area contributed by atoms with Gasteiger partial charge in [-0.2, -0.15) is 0 Å². The van der Waals surface area contributed by atoms with Crippen LogP contribution in [0, 0.1) is 5.92 Å². The Morgan fingerprint density at radius 1 is 1.50 bits per heavy atom. The number of nitrogens with one attached hydrogen (secondary N) is 1. The Kier molecular flexibility index (Phi) is 5.82. The van der Waals surface area contributed by atoms with Crippen LogP contribution in [0.1, 0.15) is 13.3 Å². The highest BCUT2D eigenvalue weighted by Crippen LogP contribution is 2.33. The van der Waals surface area contributed by atoms with Crippen molar-refractivity contribution in [2.45, 2.75) is 19.7 Å². The summed E-state index contributed by atoms with van der Waals surface area (Å²) < 4.78 is 41.2. The summed E-state index contributed by atoms with van der Waals surface area (Å²) in [5.74, 6) is -1.28. The van der Waals surface area contributed by atoms with Crippen molar-refractivity contribution in [1.29, 1.82) is 0 Å². The van der Waals surface area contributed by atoms with Gasteiger partial charge in [0.25, 0.3) is 0 Å². The molecule has 0 saturated heterocycles. The molecule has 0 heterocycles. The number of halogens is 4. The van der Waals surface area contributed by atoms with Crippen molar-refractivity contribution < 1.29 is 22.7 Å². The normalized spacial score (nSPS) is 12.9. The van der Waals surface area contributed by atoms with Crippen LogP contribution in [0.5, 0.6) is 5.75 Å². The SMILES string of the molecule is CC(CCN)C(=O)Nc1ccc(Br)cc1OC(F)(F)F. The maximum Gasteiger partial charge on any atom is 0.573 e. The van der Waals surface area contributed by atoms with E-state index in [0.29, 0.717) is 17.4 Å². The number of benzene rings is 1. The number of anilines is 1. The molecule has 0 aromatic heterocycles. The second-order valence-corrected chi connectivity index (χ2v) is 5.07. The molecule has 0 radical (unpaired) electrons. The lowest BCUT2D eigenvalue weighted by molar-refractivity contribution is -0.274. The van der Waals surface area contributed by atoms with E-state index in [4.69, 9.17) is 5.73 Å². The number of hydrogen-bond acceptors (Lipinski definition) is 3. The smallest absolute Gasteiger partial charge is 0.404 e. The second-order valence-electron chi connectivity index (χ2n) is 4.16. The molecule has 3 N–H and O–H groups in total. The minimum Gasteiger partial charge on any atom is -0.404 e. The number of carbonyl (C=O) groups excluding carboxylic acids is 1. The zero-order valence-electron chi connectivity index (χ0n) is 10.6. The highest BCUT2D eigenvalue weighted by molar-refractivity contribution is 9.10. The van der Waals surface area contributed by atoms with E-state index in [1.807, 2.05) is 0 Å². The predicted molar refractivity (Wildman–Crippen MR) is 72.3 cm³/mol. The Bertz CT molecular complexity index is 480. The van der Waals surface area contributed by atoms with E-state index < -0.39 is 23.9 Å². The van der Waals surface area contributed by atoms with Crippen molar-refractivity contribution in [1.82, 2.24) is 0 Å². The van der Waals surface area contributed by atoms with E-state index in [-0.39, 0.29) is 5.69 Å². The van der Waals surface area contributed by atoms with Crippen LogP contribution in [-0.4, -0.2) is 18.8 Å². The van der Waals surface area contributed by atoms with Gasteiger partial charge in [0.15, 0.2) is 5.75 Å². The Morgan fingerprint density at radius 3 is 2.70 bits per heavy atom. The van der Waals surface area contributed by atoms with Crippen LogP contribution in [0.4, 0.5) is 18.9 Å². The molecule has 1 amide bonds. The number of amides is 1. The highest BCUT2D eigenvalue weighted by atomic mass is 79.9. The number of nitrogens with two attached hydrogens (primary N) is 1. The lowest BCUT2D eigenvalue weighted by atomic mass is 10.1. The maximum atomic E-state index is 12.3. The summed E-state index contributed by atoms with van der Waals surface area (Å²) in [5.41, 5.74) is 5.29. The molecule has 4 nitrogen and oxygen atoms in total. The van der Waals surface area contributed by atoms with Crippen molar-refractivity contribution in [2.75, 3.05) is 11.9 Å². The Balaban J connectivity index is 2.91. The molecule has 8 heteroatoms. The summed E-state index contributed by atoms with van der Waals surface area (Å²) in [5, 5.41) is 2.40. The zero-order valence-corrected chi connectivity index (χ0v) is 12.2. The van der Waals surface area contributed by atoms with Crippen LogP contribution in [0.15, 0.2) is 22.7 Å². The predicted octanol–water partition coefficient (Wildman–Crippen LogP) is 3.27. The third-order valence-electron chi connectivity index (χ3n) is 2.47. The quantitative estimate of drug-likeness (QED) is 0.852. The first-order valence-corrected chi connectivity index (χ1v) is 6.58. The fraction of sp³-hybridized carbons (Fsp3) is 0.417. The number of alkyl halides is 3. The molecule has 1 atom stereocenters. The molecular weight excluding hydrogens is 341 g/mol. The van der Waals surface area contributed by atoms with Crippen molar-refractivity contribution in [3.8, 4) is 5.75 Å². The van der Waals surface area contributed by atoms with Gasteiger partial charge in [-0.25, -0.2) is 0 Å². The molecule has 0 aliphatic rings. The van der Waals surface area contributed by atoms with Crippen LogP contribution >= 0.6 is 15.9 Å². The molecule has 0 saturated carbocycles. The minimum absolute atomic E-state index is 0.0422. The van der Waals surface area contributed by atoms with E-state index in [2.05, 4.69) is 26.0 Å². The molecular formula is C12H14BrF3N2O2. The van der Waals surface area contributed by atoms with Crippen LogP contribution in [0.25, 0.3) is 0 Å². The summed E-state index contributed by atoms with van der Waals surface area (Å²) in [4.78, 5) is 11.8. The van der Waals surface area contributed by atoms with E-state index in [1.54, 1.807) is 6.92 Å². The largest absolute Gasteiger partial charge is 0.573 e. The van der Waals surface area contributed by atoms with E-state index in [1.165, 1.54) is 12.1 Å². The van der Waals surface area contributed by atoms with E-state index in [0.717, 1.165) is 6.07 Å². The molecule has 0 spiro atoms. The average Bonchev–Trinajstić information content (AvgIpc) is 2.30. The molecule has 1 rings (SSSR count). The maximum absolute atomic E-state index is 12.3. The Morgan fingerprint density at radius 2 is 2.15 bits per heavy atom. The Labute approximate surface area is 122 Å². The topological polar surface area (TPSA) is 64.4 Å². The molecule has 1 aromatic carbocycles. The lowest BCUT2D eigenvalue weighted by Crippen LogP contribution is -2.24. The van der Waals surface area contributed by atoms with Gasteiger partial charge in [0.1, 0.15) is 0 Å². The van der Waals surface area contributed by atoms with Gasteiger partial charge in [-0.3, -0.25) is 4.79 Å². The number of hydrogen-bond donors (Lipinski definition) is 2. The fourth-order valence-corrected chi connectivity index (χ4v) is 1.79. The first-order valence-electron chi connectivity index (χ1n) is 5.79. The molecule has 112 valence electrons. The number of rotatable bonds is 5. The molecule has 1 aromatic rings. The first kappa shape index (κ1) is 16.8. The fourth-order valence-electron chi connectivity index (χ4n) is 1.45. The summed E-state index contributed by atoms with van der Waals surface area (Å²) >= 11 is 3.05. The number of ether oxygens (including phenoxy) is 1. The van der Waals surface area contributed by atoms with Gasteiger partial charge in [0.2, 0.25) is 5.91 Å².